The van der Waals surface area contributed by atoms with E-state index in [1.165, 1.54) is 12.5 Å². The van der Waals surface area contributed by atoms with Crippen molar-refractivity contribution in [3.8, 4) is 6.07 Å². The summed E-state index contributed by atoms with van der Waals surface area (Å²) in [5.74, 6) is 0. The van der Waals surface area contributed by atoms with Gasteiger partial charge in [-0.25, -0.2) is 0 Å². The molecule has 0 saturated heterocycles. The van der Waals surface area contributed by atoms with E-state index in [0.29, 0.717) is 5.56 Å². The molecule has 0 aliphatic rings. The Labute approximate surface area is 75.4 Å². The van der Waals surface area contributed by atoms with Crippen LogP contribution in [0.25, 0.3) is 0 Å². The molecule has 1 heterocycles. The maximum absolute atomic E-state index is 8.29. The summed E-state index contributed by atoms with van der Waals surface area (Å²) in [6, 6.07) is 11.2. The van der Waals surface area contributed by atoms with Gasteiger partial charge in [0.15, 0.2) is 0 Å². The lowest BCUT2D eigenvalue weighted by Crippen LogP contribution is -1.66. The van der Waals surface area contributed by atoms with Gasteiger partial charge in [-0.05, 0) is 12.1 Å². The van der Waals surface area contributed by atoms with Gasteiger partial charge in [-0.2, -0.15) is 5.26 Å². The zero-order valence-electron chi connectivity index (χ0n) is 6.79. The predicted octanol–water partition coefficient (Wildman–Crippen LogP) is 1.63. The maximum Gasteiger partial charge on any atom is 0.144 e. The fourth-order valence-corrected chi connectivity index (χ4v) is 0.649. The number of benzene rings is 1. The molecular weight excluding hydrogens is 166 g/mol. The molecule has 0 atom stereocenters. The monoisotopic (exact) mass is 173 g/mol. The van der Waals surface area contributed by atoms with E-state index >= 15 is 0 Å². The summed E-state index contributed by atoms with van der Waals surface area (Å²) in [6.45, 7) is 0. The zero-order chi connectivity index (χ0) is 9.36. The van der Waals surface area contributed by atoms with Crippen LogP contribution in [0.3, 0.4) is 0 Å². The summed E-state index contributed by atoms with van der Waals surface area (Å²) >= 11 is 0. The van der Waals surface area contributed by atoms with Crippen molar-refractivity contribution < 1.29 is 4.52 Å². The van der Waals surface area contributed by atoms with Crippen LogP contribution in [0.2, 0.25) is 0 Å². The van der Waals surface area contributed by atoms with E-state index in [2.05, 4.69) is 14.9 Å². The van der Waals surface area contributed by atoms with Crippen molar-refractivity contribution in [2.75, 3.05) is 0 Å². The van der Waals surface area contributed by atoms with Crippen molar-refractivity contribution >= 4 is 0 Å². The molecule has 0 amide bonds. The Morgan fingerprint density at radius 1 is 1.23 bits per heavy atom. The topological polar surface area (TPSA) is 62.7 Å². The lowest BCUT2D eigenvalue weighted by atomic mass is 10.2. The molecule has 0 fully saturated rings. The largest absolute Gasteiger partial charge is 0.346 e. The molecule has 13 heavy (non-hydrogen) atoms. The van der Waals surface area contributed by atoms with Crippen molar-refractivity contribution in [1.82, 2.24) is 10.4 Å². The van der Waals surface area contributed by atoms with E-state index in [-0.39, 0.29) is 0 Å². The summed E-state index contributed by atoms with van der Waals surface area (Å²) in [5.41, 5.74) is 0.715. The number of hydrogen-bond acceptors (Lipinski definition) is 4. The second-order valence-corrected chi connectivity index (χ2v) is 2.07. The van der Waals surface area contributed by atoms with Gasteiger partial charge in [0.05, 0.1) is 17.8 Å². The number of nitriles is 1. The number of rotatable bonds is 0. The number of nitrogens with zero attached hydrogens (tertiary/aromatic N) is 3. The second-order valence-electron chi connectivity index (χ2n) is 2.07. The molecule has 0 bridgehead atoms. The predicted molar refractivity (Wildman–Crippen MR) is 45.5 cm³/mol. The molecule has 64 valence electrons. The van der Waals surface area contributed by atoms with Crippen molar-refractivity contribution in [3.63, 3.8) is 0 Å². The van der Waals surface area contributed by atoms with E-state index in [4.69, 9.17) is 5.26 Å². The molecule has 4 heteroatoms. The van der Waals surface area contributed by atoms with Crippen LogP contribution in [0, 0.1) is 11.3 Å². The van der Waals surface area contributed by atoms with E-state index in [0.717, 1.165) is 0 Å². The van der Waals surface area contributed by atoms with Gasteiger partial charge < -0.3 is 4.52 Å². The van der Waals surface area contributed by atoms with Crippen LogP contribution < -0.4 is 0 Å². The molecule has 0 aliphatic carbocycles. The molecule has 2 aromatic rings. The Morgan fingerprint density at radius 2 is 2.00 bits per heavy atom. The van der Waals surface area contributed by atoms with Crippen LogP contribution in [0.4, 0.5) is 0 Å². The lowest BCUT2D eigenvalue weighted by Gasteiger charge is -1.80. The summed E-state index contributed by atoms with van der Waals surface area (Å²) in [6.07, 6.45) is 2.88. The van der Waals surface area contributed by atoms with E-state index in [9.17, 15) is 0 Å². The van der Waals surface area contributed by atoms with Gasteiger partial charge >= 0.3 is 0 Å². The molecule has 0 radical (unpaired) electrons. The molecule has 0 spiro atoms. The van der Waals surface area contributed by atoms with Gasteiger partial charge in [0.2, 0.25) is 0 Å². The average molecular weight is 173 g/mol. The fraction of sp³-hybridized carbons (Fsp3) is 0. The Balaban J connectivity index is 0.000000145. The molecular formula is C9H7N3O. The normalized spacial score (nSPS) is 7.92. The fourth-order valence-electron chi connectivity index (χ4n) is 0.649. The molecule has 1 aromatic heterocycles. The van der Waals surface area contributed by atoms with E-state index in [1.54, 1.807) is 12.1 Å². The van der Waals surface area contributed by atoms with E-state index in [1.807, 2.05) is 24.3 Å². The first kappa shape index (κ1) is 8.94. The van der Waals surface area contributed by atoms with Crippen LogP contribution in [-0.4, -0.2) is 10.4 Å². The Kier molecular flexibility index (Phi) is 3.78. The summed E-state index contributed by atoms with van der Waals surface area (Å²) in [4.78, 5) is 0. The highest BCUT2D eigenvalue weighted by molar-refractivity contribution is 5.27. The average Bonchev–Trinajstić information content (AvgIpc) is 2.77. The third-order valence-electron chi connectivity index (χ3n) is 1.19. The summed E-state index contributed by atoms with van der Waals surface area (Å²) in [7, 11) is 0. The zero-order valence-corrected chi connectivity index (χ0v) is 6.79. The van der Waals surface area contributed by atoms with Crippen LogP contribution in [0.15, 0.2) is 47.3 Å². The Bertz CT molecular complexity index is 333. The van der Waals surface area contributed by atoms with Crippen molar-refractivity contribution in [3.05, 3.63) is 48.4 Å². The third-order valence-corrected chi connectivity index (χ3v) is 1.19. The first-order valence-electron chi connectivity index (χ1n) is 3.59. The number of aromatic nitrogens is 2. The molecule has 0 unspecified atom stereocenters. The van der Waals surface area contributed by atoms with Gasteiger partial charge in [0.1, 0.15) is 6.26 Å². The Morgan fingerprint density at radius 3 is 2.31 bits per heavy atom. The van der Waals surface area contributed by atoms with Crippen LogP contribution >= 0.6 is 0 Å². The smallest absolute Gasteiger partial charge is 0.144 e. The standard InChI is InChI=1S/C7H5N.C2H2N2O/c8-6-7-4-2-1-3-5-7;1-2-5-4-3-1/h1-5H;1-2H. The minimum atomic E-state index is 0.715. The minimum absolute atomic E-state index is 0.715. The van der Waals surface area contributed by atoms with Gasteiger partial charge in [0.25, 0.3) is 0 Å². The molecule has 0 aliphatic heterocycles. The SMILES string of the molecule is N#Cc1ccccc1.c1conn1. The maximum atomic E-state index is 8.29. The Hall–Kier alpha value is -2.15. The first-order chi connectivity index (χ1) is 6.43. The van der Waals surface area contributed by atoms with Crippen molar-refractivity contribution in [2.45, 2.75) is 0 Å². The van der Waals surface area contributed by atoms with Crippen molar-refractivity contribution in [2.24, 2.45) is 0 Å². The molecule has 0 N–H and O–H groups in total. The van der Waals surface area contributed by atoms with Crippen molar-refractivity contribution in [1.29, 1.82) is 5.26 Å². The molecule has 1 aromatic carbocycles. The van der Waals surface area contributed by atoms with Crippen LogP contribution in [0.5, 0.6) is 0 Å². The van der Waals surface area contributed by atoms with Crippen LogP contribution in [0.1, 0.15) is 5.56 Å². The van der Waals surface area contributed by atoms with Gasteiger partial charge in [-0.3, -0.25) is 0 Å². The molecule has 0 saturated carbocycles. The lowest BCUT2D eigenvalue weighted by molar-refractivity contribution is 0.393. The van der Waals surface area contributed by atoms with E-state index < -0.39 is 0 Å². The number of hydrogen-bond donors (Lipinski definition) is 0. The molecule has 4 nitrogen and oxygen atoms in total. The highest BCUT2D eigenvalue weighted by Gasteiger charge is 1.79. The highest BCUT2D eigenvalue weighted by Crippen LogP contribution is 1.93. The first-order valence-corrected chi connectivity index (χ1v) is 3.59. The quantitative estimate of drug-likeness (QED) is 0.607. The van der Waals surface area contributed by atoms with Crippen LogP contribution in [-0.2, 0) is 0 Å². The minimum Gasteiger partial charge on any atom is -0.346 e. The van der Waals surface area contributed by atoms with Gasteiger partial charge in [-0.15, -0.1) is 5.10 Å². The highest BCUT2D eigenvalue weighted by atomic mass is 16.5. The summed E-state index contributed by atoms with van der Waals surface area (Å²) < 4.78 is 4.22. The summed E-state index contributed by atoms with van der Waals surface area (Å²) in [5, 5.41) is 14.7. The second kappa shape index (κ2) is 5.49. The van der Waals surface area contributed by atoms with Gasteiger partial charge in [-0.1, -0.05) is 18.2 Å². The molecule has 2 rings (SSSR count). The van der Waals surface area contributed by atoms with Gasteiger partial charge in [0, 0.05) is 5.27 Å². The third kappa shape index (κ3) is 3.68.